The van der Waals surface area contributed by atoms with Gasteiger partial charge in [-0.3, -0.25) is 4.79 Å². The molecule has 2 rings (SSSR count). The lowest BCUT2D eigenvalue weighted by molar-refractivity contribution is -0.607. The van der Waals surface area contributed by atoms with E-state index in [-0.39, 0.29) is 12.2 Å². The second kappa shape index (κ2) is 8.92. The van der Waals surface area contributed by atoms with Gasteiger partial charge in [-0.2, -0.15) is 4.73 Å². The maximum absolute atomic E-state index is 12.1. The Balaban J connectivity index is 1.98. The van der Waals surface area contributed by atoms with Crippen LogP contribution in [0.4, 0.5) is 0 Å². The van der Waals surface area contributed by atoms with Crippen LogP contribution >= 0.6 is 0 Å². The zero-order chi connectivity index (χ0) is 18.2. The van der Waals surface area contributed by atoms with E-state index in [2.05, 4.69) is 19.2 Å². The van der Waals surface area contributed by atoms with Gasteiger partial charge < -0.3 is 20.0 Å². The second-order valence-corrected chi connectivity index (χ2v) is 6.11. The number of methoxy groups -OCH3 is 1. The first-order valence-electron chi connectivity index (χ1n) is 8.27. The van der Waals surface area contributed by atoms with Gasteiger partial charge in [-0.1, -0.05) is 19.9 Å². The standard InChI is InChI=1S/C19H24N2O4/c1-14(2)9-11-25-17-8-7-15(12-18(17)24-3)13-20-19(22)16-6-4-5-10-21(16)23/h4-8,10,12,14H,9,11,13H2,1-3H3,(H,20,22). The Morgan fingerprint density at radius 3 is 2.72 bits per heavy atom. The fourth-order valence-corrected chi connectivity index (χ4v) is 2.22. The minimum absolute atomic E-state index is 0.0584. The van der Waals surface area contributed by atoms with E-state index in [4.69, 9.17) is 9.47 Å². The van der Waals surface area contributed by atoms with Gasteiger partial charge in [0.05, 0.1) is 13.7 Å². The number of nitrogens with zero attached hydrogens (tertiary/aromatic N) is 1. The molecule has 1 N–H and O–H groups in total. The lowest BCUT2D eigenvalue weighted by Crippen LogP contribution is -2.38. The molecule has 0 spiro atoms. The molecule has 0 saturated carbocycles. The summed E-state index contributed by atoms with van der Waals surface area (Å²) in [5.41, 5.74) is 0.915. The molecule has 0 bridgehead atoms. The van der Waals surface area contributed by atoms with E-state index in [1.54, 1.807) is 19.2 Å². The maximum Gasteiger partial charge on any atom is 0.317 e. The van der Waals surface area contributed by atoms with E-state index in [1.807, 2.05) is 18.2 Å². The van der Waals surface area contributed by atoms with Gasteiger partial charge in [0.1, 0.15) is 0 Å². The number of pyridine rings is 1. The molecule has 6 nitrogen and oxygen atoms in total. The molecule has 0 atom stereocenters. The lowest BCUT2D eigenvalue weighted by atomic mass is 10.1. The highest BCUT2D eigenvalue weighted by Gasteiger charge is 2.15. The van der Waals surface area contributed by atoms with Crippen LogP contribution in [0.1, 0.15) is 36.3 Å². The van der Waals surface area contributed by atoms with Crippen molar-refractivity contribution in [3.8, 4) is 11.5 Å². The summed E-state index contributed by atoms with van der Waals surface area (Å²) in [5.74, 6) is 1.45. The predicted octanol–water partition coefficient (Wildman–Crippen LogP) is 2.68. The first-order chi connectivity index (χ1) is 12.0. The number of ether oxygens (including phenoxy) is 2. The number of amides is 1. The number of carbonyl (C=O) groups is 1. The van der Waals surface area contributed by atoms with Crippen LogP contribution in [0.25, 0.3) is 0 Å². The van der Waals surface area contributed by atoms with Crippen LogP contribution in [0.5, 0.6) is 11.5 Å². The molecular weight excluding hydrogens is 320 g/mol. The Labute approximate surface area is 148 Å². The van der Waals surface area contributed by atoms with Crippen LogP contribution in [0.15, 0.2) is 42.6 Å². The summed E-state index contributed by atoms with van der Waals surface area (Å²) in [5, 5.41) is 14.3. The van der Waals surface area contributed by atoms with Crippen LogP contribution in [-0.2, 0) is 6.54 Å². The molecule has 0 aliphatic rings. The average Bonchev–Trinajstić information content (AvgIpc) is 2.60. The van der Waals surface area contributed by atoms with Gasteiger partial charge in [-0.25, -0.2) is 0 Å². The van der Waals surface area contributed by atoms with Crippen LogP contribution < -0.4 is 19.5 Å². The third-order valence-corrected chi connectivity index (χ3v) is 3.69. The number of hydrogen-bond acceptors (Lipinski definition) is 4. The predicted molar refractivity (Wildman–Crippen MR) is 94.5 cm³/mol. The summed E-state index contributed by atoms with van der Waals surface area (Å²) in [6, 6.07) is 10.2. The summed E-state index contributed by atoms with van der Waals surface area (Å²) in [6.45, 7) is 5.20. The number of hydrogen-bond donors (Lipinski definition) is 1. The Kier molecular flexibility index (Phi) is 6.62. The van der Waals surface area contributed by atoms with E-state index in [0.29, 0.717) is 28.8 Å². The van der Waals surface area contributed by atoms with Gasteiger partial charge in [0.25, 0.3) is 5.69 Å². The first-order valence-corrected chi connectivity index (χ1v) is 8.27. The molecule has 0 saturated heterocycles. The van der Waals surface area contributed by atoms with Crippen molar-refractivity contribution in [2.75, 3.05) is 13.7 Å². The van der Waals surface area contributed by atoms with Crippen molar-refractivity contribution in [2.45, 2.75) is 26.8 Å². The van der Waals surface area contributed by atoms with Gasteiger partial charge in [0.2, 0.25) is 0 Å². The van der Waals surface area contributed by atoms with E-state index >= 15 is 0 Å². The number of rotatable bonds is 8. The van der Waals surface area contributed by atoms with Gasteiger partial charge in [0, 0.05) is 18.7 Å². The SMILES string of the molecule is COc1cc(CNC(=O)c2cccc[n+]2[O-])ccc1OCCC(C)C. The molecule has 1 amide bonds. The number of nitrogens with one attached hydrogen (secondary N) is 1. The summed E-state index contributed by atoms with van der Waals surface area (Å²) >= 11 is 0. The monoisotopic (exact) mass is 344 g/mol. The fraction of sp³-hybridized carbons (Fsp3) is 0.368. The van der Waals surface area contributed by atoms with Crippen LogP contribution in [0.3, 0.4) is 0 Å². The molecular formula is C19H24N2O4. The summed E-state index contributed by atoms with van der Waals surface area (Å²) < 4.78 is 11.7. The Morgan fingerprint density at radius 2 is 2.04 bits per heavy atom. The van der Waals surface area contributed by atoms with Gasteiger partial charge >= 0.3 is 5.91 Å². The molecule has 2 aromatic rings. The van der Waals surface area contributed by atoms with E-state index in [1.165, 1.54) is 12.3 Å². The molecule has 0 fully saturated rings. The van der Waals surface area contributed by atoms with Crippen molar-refractivity contribution in [3.63, 3.8) is 0 Å². The minimum Gasteiger partial charge on any atom is -0.618 e. The summed E-state index contributed by atoms with van der Waals surface area (Å²) in [7, 11) is 1.58. The van der Waals surface area contributed by atoms with Crippen LogP contribution in [0.2, 0.25) is 0 Å². The highest BCUT2D eigenvalue weighted by Crippen LogP contribution is 2.28. The van der Waals surface area contributed by atoms with Crippen LogP contribution in [0, 0.1) is 11.1 Å². The zero-order valence-electron chi connectivity index (χ0n) is 14.8. The van der Waals surface area contributed by atoms with Crippen molar-refractivity contribution in [3.05, 3.63) is 59.1 Å². The molecule has 1 aromatic heterocycles. The van der Waals surface area contributed by atoms with E-state index < -0.39 is 5.91 Å². The second-order valence-electron chi connectivity index (χ2n) is 6.11. The van der Waals surface area contributed by atoms with Gasteiger partial charge in [-0.15, -0.1) is 0 Å². The highest BCUT2D eigenvalue weighted by molar-refractivity contribution is 5.90. The molecule has 1 heterocycles. The number of benzene rings is 1. The summed E-state index contributed by atoms with van der Waals surface area (Å²) in [6.07, 6.45) is 2.26. The molecule has 0 unspecified atom stereocenters. The first kappa shape index (κ1) is 18.6. The van der Waals surface area contributed by atoms with Crippen LogP contribution in [-0.4, -0.2) is 19.6 Å². The molecule has 1 aromatic carbocycles. The van der Waals surface area contributed by atoms with Crippen molar-refractivity contribution in [1.82, 2.24) is 5.32 Å². The molecule has 25 heavy (non-hydrogen) atoms. The zero-order valence-corrected chi connectivity index (χ0v) is 14.8. The van der Waals surface area contributed by atoms with Crippen molar-refractivity contribution >= 4 is 5.91 Å². The molecule has 0 aliphatic carbocycles. The lowest BCUT2D eigenvalue weighted by Gasteiger charge is -2.13. The normalized spacial score (nSPS) is 10.6. The number of aromatic nitrogens is 1. The third kappa shape index (κ3) is 5.38. The van der Waals surface area contributed by atoms with E-state index in [0.717, 1.165) is 12.0 Å². The van der Waals surface area contributed by atoms with Crippen molar-refractivity contribution in [2.24, 2.45) is 5.92 Å². The smallest absolute Gasteiger partial charge is 0.317 e. The number of carbonyl (C=O) groups excluding carboxylic acids is 1. The third-order valence-electron chi connectivity index (χ3n) is 3.69. The quantitative estimate of drug-likeness (QED) is 0.590. The Morgan fingerprint density at radius 1 is 1.24 bits per heavy atom. The molecule has 6 heteroatoms. The van der Waals surface area contributed by atoms with Gasteiger partial charge in [-0.05, 0) is 36.1 Å². The fourth-order valence-electron chi connectivity index (χ4n) is 2.22. The topological polar surface area (TPSA) is 74.5 Å². The van der Waals surface area contributed by atoms with E-state index in [9.17, 15) is 10.0 Å². The minimum atomic E-state index is -0.424. The Bertz CT molecular complexity index is 716. The van der Waals surface area contributed by atoms with Gasteiger partial charge in [0.15, 0.2) is 17.7 Å². The van der Waals surface area contributed by atoms with Crippen molar-refractivity contribution < 1.29 is 19.0 Å². The Hall–Kier alpha value is -2.76. The molecule has 0 aliphatic heterocycles. The summed E-state index contributed by atoms with van der Waals surface area (Å²) in [4.78, 5) is 12.1. The highest BCUT2D eigenvalue weighted by atomic mass is 16.5. The average molecular weight is 344 g/mol. The largest absolute Gasteiger partial charge is 0.618 e. The molecule has 134 valence electrons. The maximum atomic E-state index is 12.1. The molecule has 0 radical (unpaired) electrons. The van der Waals surface area contributed by atoms with Crippen molar-refractivity contribution in [1.29, 1.82) is 0 Å².